The number of likely N-dealkylation sites (tertiary alicyclic amines) is 1. The molecule has 1 aliphatic heterocycles. The maximum absolute atomic E-state index is 12.4. The minimum absolute atomic E-state index is 0.0410. The van der Waals surface area contributed by atoms with Gasteiger partial charge in [-0.2, -0.15) is 0 Å². The molecular weight excluding hydrogens is 336 g/mol. The van der Waals surface area contributed by atoms with Crippen LogP contribution in [0.4, 0.5) is 4.79 Å². The number of carbonyl (C=O) groups excluding carboxylic acids is 2. The van der Waals surface area contributed by atoms with Crippen molar-refractivity contribution in [3.05, 3.63) is 0 Å². The lowest BCUT2D eigenvalue weighted by Gasteiger charge is -2.38. The van der Waals surface area contributed by atoms with E-state index in [2.05, 4.69) is 19.2 Å². The molecule has 1 saturated heterocycles. The molecule has 2 N–H and O–H groups in total. The van der Waals surface area contributed by atoms with E-state index in [1.807, 2.05) is 13.8 Å². The summed E-state index contributed by atoms with van der Waals surface area (Å²) in [6.07, 6.45) is -1.57. The Morgan fingerprint density at radius 3 is 2.31 bits per heavy atom. The lowest BCUT2D eigenvalue weighted by Crippen LogP contribution is -2.58. The number of nitrogens with zero attached hydrogens (tertiary/aromatic N) is 1. The number of hydrogen-bond donors (Lipinski definition) is 2. The average Bonchev–Trinajstić information content (AvgIpc) is 2.84. The van der Waals surface area contributed by atoms with E-state index in [1.165, 1.54) is 7.11 Å². The molecule has 0 aromatic carbocycles. The van der Waals surface area contributed by atoms with Crippen LogP contribution in [0, 0.1) is 23.2 Å². The van der Waals surface area contributed by atoms with Crippen LogP contribution in [0.15, 0.2) is 0 Å². The van der Waals surface area contributed by atoms with E-state index in [4.69, 9.17) is 9.47 Å². The Bertz CT molecular complexity index is 555. The molecule has 0 spiro atoms. The van der Waals surface area contributed by atoms with Crippen LogP contribution in [-0.2, 0) is 14.3 Å². The standard InChI is InChI=1S/C19H34N2O5/c1-10(2)13(20-17(24)26-18(3,4)5)15(22)21-9-11-12(19(11,6)7)14(21)16(23)25-8/h10-15,22H,9H2,1-8H3,(H,20,24)/t11-,12-,13-,14-,15?/m0/s1. The molecular formula is C19H34N2O5. The maximum Gasteiger partial charge on any atom is 0.408 e. The molecule has 2 aliphatic rings. The average molecular weight is 370 g/mol. The summed E-state index contributed by atoms with van der Waals surface area (Å²) in [4.78, 5) is 26.3. The van der Waals surface area contributed by atoms with Crippen molar-refractivity contribution in [3.8, 4) is 0 Å². The maximum atomic E-state index is 12.4. The highest BCUT2D eigenvalue weighted by Crippen LogP contribution is 2.65. The first-order valence-electron chi connectivity index (χ1n) is 9.32. The highest BCUT2D eigenvalue weighted by molar-refractivity contribution is 5.78. The summed E-state index contributed by atoms with van der Waals surface area (Å²) in [5.74, 6) is 0.136. The first-order chi connectivity index (χ1) is 11.8. The topological polar surface area (TPSA) is 88.1 Å². The fraction of sp³-hybridized carbons (Fsp3) is 0.895. The Kier molecular flexibility index (Phi) is 5.64. The van der Waals surface area contributed by atoms with Crippen LogP contribution in [-0.4, -0.2) is 59.6 Å². The molecule has 7 heteroatoms. The lowest BCUT2D eigenvalue weighted by molar-refractivity contribution is -0.154. The van der Waals surface area contributed by atoms with Gasteiger partial charge in [0.2, 0.25) is 0 Å². The van der Waals surface area contributed by atoms with Crippen LogP contribution in [0.3, 0.4) is 0 Å². The summed E-state index contributed by atoms with van der Waals surface area (Å²) < 4.78 is 10.3. The molecule has 1 saturated carbocycles. The Hall–Kier alpha value is -1.34. The normalized spacial score (nSPS) is 29.7. The van der Waals surface area contributed by atoms with E-state index in [0.29, 0.717) is 12.5 Å². The number of carbonyl (C=O) groups is 2. The Morgan fingerprint density at radius 2 is 1.85 bits per heavy atom. The largest absolute Gasteiger partial charge is 0.468 e. The van der Waals surface area contributed by atoms with Gasteiger partial charge in [-0.05, 0) is 43.9 Å². The van der Waals surface area contributed by atoms with Crippen LogP contribution in [0.5, 0.6) is 0 Å². The quantitative estimate of drug-likeness (QED) is 0.720. The molecule has 0 bridgehead atoms. The summed E-state index contributed by atoms with van der Waals surface area (Å²) in [5, 5.41) is 13.8. The Balaban J connectivity index is 2.14. The Labute approximate surface area is 156 Å². The second kappa shape index (κ2) is 7.00. The molecule has 150 valence electrons. The highest BCUT2D eigenvalue weighted by Gasteiger charge is 2.69. The third-order valence-corrected chi connectivity index (χ3v) is 5.75. The minimum atomic E-state index is -0.991. The van der Waals surface area contributed by atoms with Gasteiger partial charge in [-0.1, -0.05) is 27.7 Å². The monoisotopic (exact) mass is 370 g/mol. The number of aliphatic hydroxyl groups excluding tert-OH is 1. The van der Waals surface area contributed by atoms with Crippen molar-refractivity contribution in [2.75, 3.05) is 13.7 Å². The van der Waals surface area contributed by atoms with Crippen LogP contribution in [0.25, 0.3) is 0 Å². The number of alkyl carbamates (subject to hydrolysis) is 1. The van der Waals surface area contributed by atoms with Crippen molar-refractivity contribution in [3.63, 3.8) is 0 Å². The van der Waals surface area contributed by atoms with Gasteiger partial charge in [0.15, 0.2) is 0 Å². The van der Waals surface area contributed by atoms with Gasteiger partial charge in [-0.3, -0.25) is 9.69 Å². The second-order valence-electron chi connectivity index (χ2n) is 9.45. The van der Waals surface area contributed by atoms with Crippen molar-refractivity contribution in [1.29, 1.82) is 0 Å². The molecule has 1 unspecified atom stereocenters. The molecule has 0 radical (unpaired) electrons. The fourth-order valence-electron chi connectivity index (χ4n) is 4.22. The smallest absolute Gasteiger partial charge is 0.408 e. The van der Waals surface area contributed by atoms with Crippen LogP contribution in [0.2, 0.25) is 0 Å². The van der Waals surface area contributed by atoms with Gasteiger partial charge in [-0.25, -0.2) is 4.79 Å². The molecule has 0 aromatic heterocycles. The van der Waals surface area contributed by atoms with Gasteiger partial charge in [0, 0.05) is 6.54 Å². The number of piperidine rings is 1. The zero-order valence-corrected chi connectivity index (χ0v) is 17.2. The van der Waals surface area contributed by atoms with Gasteiger partial charge in [0.1, 0.15) is 17.9 Å². The number of nitrogens with one attached hydrogen (secondary N) is 1. The second-order valence-corrected chi connectivity index (χ2v) is 9.45. The van der Waals surface area contributed by atoms with Gasteiger partial charge in [-0.15, -0.1) is 0 Å². The number of amides is 1. The molecule has 0 aromatic rings. The van der Waals surface area contributed by atoms with Crippen molar-refractivity contribution < 1.29 is 24.2 Å². The summed E-state index contributed by atoms with van der Waals surface area (Å²) >= 11 is 0. The lowest BCUT2D eigenvalue weighted by atomic mass is 9.97. The van der Waals surface area contributed by atoms with E-state index in [9.17, 15) is 14.7 Å². The van der Waals surface area contributed by atoms with Gasteiger partial charge < -0.3 is 19.9 Å². The molecule has 1 aliphatic carbocycles. The van der Waals surface area contributed by atoms with E-state index in [-0.39, 0.29) is 23.2 Å². The number of fused-ring (bicyclic) bond motifs is 1. The number of hydrogen-bond acceptors (Lipinski definition) is 6. The number of aliphatic hydroxyl groups is 1. The number of rotatable bonds is 5. The highest BCUT2D eigenvalue weighted by atomic mass is 16.6. The summed E-state index contributed by atoms with van der Waals surface area (Å²) in [7, 11) is 1.37. The number of esters is 1. The van der Waals surface area contributed by atoms with E-state index in [0.717, 1.165) is 0 Å². The third-order valence-electron chi connectivity index (χ3n) is 5.75. The fourth-order valence-corrected chi connectivity index (χ4v) is 4.22. The van der Waals surface area contributed by atoms with Gasteiger partial charge >= 0.3 is 12.1 Å². The predicted octanol–water partition coefficient (Wildman–Crippen LogP) is 1.98. The van der Waals surface area contributed by atoms with E-state index in [1.54, 1.807) is 25.7 Å². The molecule has 1 heterocycles. The summed E-state index contributed by atoms with van der Waals surface area (Å²) in [5.41, 5.74) is -0.550. The molecule has 2 fully saturated rings. The van der Waals surface area contributed by atoms with Gasteiger partial charge in [0.05, 0.1) is 13.2 Å². The van der Waals surface area contributed by atoms with Crippen LogP contribution in [0.1, 0.15) is 48.5 Å². The zero-order chi connectivity index (χ0) is 20.0. The van der Waals surface area contributed by atoms with Crippen LogP contribution < -0.4 is 5.32 Å². The van der Waals surface area contributed by atoms with E-state index < -0.39 is 30.0 Å². The predicted molar refractivity (Wildman–Crippen MR) is 97.3 cm³/mol. The molecule has 2 rings (SSSR count). The summed E-state index contributed by atoms with van der Waals surface area (Å²) in [6, 6.07) is -1.05. The third kappa shape index (κ3) is 3.98. The molecule has 5 atom stereocenters. The minimum Gasteiger partial charge on any atom is -0.468 e. The molecule has 1 amide bonds. The zero-order valence-electron chi connectivity index (χ0n) is 17.2. The van der Waals surface area contributed by atoms with E-state index >= 15 is 0 Å². The number of methoxy groups -OCH3 is 1. The first-order valence-corrected chi connectivity index (χ1v) is 9.32. The molecule has 7 nitrogen and oxygen atoms in total. The first kappa shape index (κ1) is 21.0. The number of ether oxygens (including phenoxy) is 2. The Morgan fingerprint density at radius 1 is 1.27 bits per heavy atom. The molecule has 26 heavy (non-hydrogen) atoms. The summed E-state index contributed by atoms with van der Waals surface area (Å²) in [6.45, 7) is 14.1. The van der Waals surface area contributed by atoms with Gasteiger partial charge in [0.25, 0.3) is 0 Å². The van der Waals surface area contributed by atoms with Crippen molar-refractivity contribution in [2.45, 2.75) is 72.4 Å². The van der Waals surface area contributed by atoms with Crippen molar-refractivity contribution in [1.82, 2.24) is 10.2 Å². The van der Waals surface area contributed by atoms with Crippen molar-refractivity contribution >= 4 is 12.1 Å². The van der Waals surface area contributed by atoms with Crippen molar-refractivity contribution in [2.24, 2.45) is 23.2 Å². The van der Waals surface area contributed by atoms with Crippen LogP contribution >= 0.6 is 0 Å². The SMILES string of the molecule is COC(=O)[C@@H]1[C@@H]2[C@H](CN1C(O)[C@@H](NC(=O)OC(C)(C)C)C(C)C)C2(C)C.